The summed E-state index contributed by atoms with van der Waals surface area (Å²) in [5.74, 6) is -0.730. The van der Waals surface area contributed by atoms with Gasteiger partial charge in [0.15, 0.2) is 28.2 Å². The fraction of sp³-hybridized carbons (Fsp3) is 0.182. The highest BCUT2D eigenvalue weighted by molar-refractivity contribution is 8.27. The first-order valence-electron chi connectivity index (χ1n) is 9.30. The summed E-state index contributed by atoms with van der Waals surface area (Å²) in [5.41, 5.74) is 1.82. The number of anilines is 1. The number of carboxylic acid groups (broad SMARTS) is 1. The van der Waals surface area contributed by atoms with Crippen molar-refractivity contribution in [2.45, 2.75) is 13.8 Å². The van der Waals surface area contributed by atoms with Crippen LogP contribution in [0.1, 0.15) is 29.8 Å². The Labute approximate surface area is 188 Å². The van der Waals surface area contributed by atoms with E-state index >= 15 is 0 Å². The van der Waals surface area contributed by atoms with Crippen LogP contribution < -0.4 is 14.4 Å². The first-order valence-corrected chi connectivity index (χ1v) is 10.5. The number of carboxylic acids is 1. The van der Waals surface area contributed by atoms with Gasteiger partial charge in [-0.3, -0.25) is 14.5 Å². The number of aliphatic carboxylic acids is 1. The van der Waals surface area contributed by atoms with Gasteiger partial charge in [-0.15, -0.1) is 0 Å². The molecule has 1 saturated heterocycles. The van der Waals surface area contributed by atoms with Crippen molar-refractivity contribution in [1.82, 2.24) is 0 Å². The van der Waals surface area contributed by atoms with Crippen molar-refractivity contribution in [3.63, 3.8) is 0 Å². The lowest BCUT2D eigenvalue weighted by Crippen LogP contribution is -2.27. The Morgan fingerprint density at radius 1 is 1.13 bits per heavy atom. The molecule has 1 aliphatic heterocycles. The van der Waals surface area contributed by atoms with E-state index in [1.807, 2.05) is 0 Å². The normalized spacial score (nSPS) is 14.8. The van der Waals surface area contributed by atoms with Crippen LogP contribution in [0.2, 0.25) is 0 Å². The van der Waals surface area contributed by atoms with Crippen LogP contribution in [0.4, 0.5) is 5.69 Å². The van der Waals surface area contributed by atoms with Crippen LogP contribution >= 0.6 is 24.0 Å². The Morgan fingerprint density at radius 2 is 1.84 bits per heavy atom. The minimum atomic E-state index is -1.09. The molecule has 1 N–H and O–H groups in total. The molecule has 0 aliphatic carbocycles. The molecule has 31 heavy (non-hydrogen) atoms. The smallest absolute Gasteiger partial charge is 0.341 e. The molecule has 0 spiro atoms. The molecule has 1 aliphatic rings. The second kappa shape index (κ2) is 9.76. The SMILES string of the molecule is CCOc1cc(/C=C2/SC(=S)N(c3ccc(C(C)=O)cc3)C2=O)ccc1OCC(=O)O. The number of thiocarbonyl (C=S) groups is 1. The van der Waals surface area contributed by atoms with E-state index in [0.29, 0.717) is 44.1 Å². The summed E-state index contributed by atoms with van der Waals surface area (Å²) in [6.07, 6.45) is 1.69. The summed E-state index contributed by atoms with van der Waals surface area (Å²) < 4.78 is 11.2. The number of hydrogen-bond acceptors (Lipinski definition) is 7. The van der Waals surface area contributed by atoms with E-state index in [-0.39, 0.29) is 11.7 Å². The Kier molecular flexibility index (Phi) is 7.09. The van der Waals surface area contributed by atoms with E-state index in [1.54, 1.807) is 55.5 Å². The molecule has 1 fully saturated rings. The minimum Gasteiger partial charge on any atom is -0.490 e. The predicted molar refractivity (Wildman–Crippen MR) is 123 cm³/mol. The summed E-state index contributed by atoms with van der Waals surface area (Å²) in [7, 11) is 0. The summed E-state index contributed by atoms with van der Waals surface area (Å²) in [6.45, 7) is 3.16. The highest BCUT2D eigenvalue weighted by atomic mass is 32.2. The van der Waals surface area contributed by atoms with E-state index in [4.69, 9.17) is 26.8 Å². The van der Waals surface area contributed by atoms with Gasteiger partial charge in [0.25, 0.3) is 5.91 Å². The van der Waals surface area contributed by atoms with E-state index < -0.39 is 12.6 Å². The van der Waals surface area contributed by atoms with Gasteiger partial charge in [0.2, 0.25) is 0 Å². The van der Waals surface area contributed by atoms with Gasteiger partial charge in [-0.05, 0) is 61.9 Å². The lowest BCUT2D eigenvalue weighted by Gasteiger charge is -2.14. The van der Waals surface area contributed by atoms with Crippen molar-refractivity contribution in [3.05, 3.63) is 58.5 Å². The van der Waals surface area contributed by atoms with E-state index in [9.17, 15) is 14.4 Å². The fourth-order valence-electron chi connectivity index (χ4n) is 2.83. The van der Waals surface area contributed by atoms with Gasteiger partial charge in [0.1, 0.15) is 0 Å². The van der Waals surface area contributed by atoms with Crippen LogP contribution in [0.25, 0.3) is 6.08 Å². The molecule has 0 radical (unpaired) electrons. The minimum absolute atomic E-state index is 0.0577. The number of ketones is 1. The number of benzene rings is 2. The fourth-order valence-corrected chi connectivity index (χ4v) is 4.13. The summed E-state index contributed by atoms with van der Waals surface area (Å²) in [4.78, 5) is 37.0. The first kappa shape index (κ1) is 22.5. The maximum absolute atomic E-state index is 13.0. The van der Waals surface area contributed by atoms with Crippen LogP contribution in [0.15, 0.2) is 47.4 Å². The number of Topliss-reactive ketones (excluding diaryl/α,β-unsaturated/α-hetero) is 1. The molecule has 2 aromatic carbocycles. The van der Waals surface area contributed by atoms with Gasteiger partial charge in [-0.25, -0.2) is 4.79 Å². The topological polar surface area (TPSA) is 93.1 Å². The van der Waals surface area contributed by atoms with Crippen molar-refractivity contribution in [3.8, 4) is 11.5 Å². The Morgan fingerprint density at radius 3 is 2.45 bits per heavy atom. The van der Waals surface area contributed by atoms with Crippen molar-refractivity contribution < 1.29 is 29.0 Å². The number of carbonyl (C=O) groups is 3. The third-order valence-corrected chi connectivity index (χ3v) is 5.54. The van der Waals surface area contributed by atoms with Crippen LogP contribution in [0, 0.1) is 0 Å². The molecule has 0 aromatic heterocycles. The number of carbonyl (C=O) groups excluding carboxylic acids is 2. The number of rotatable bonds is 8. The molecule has 3 rings (SSSR count). The van der Waals surface area contributed by atoms with Crippen molar-refractivity contribution in [2.24, 2.45) is 0 Å². The predicted octanol–water partition coefficient (Wildman–Crippen LogP) is 4.16. The highest BCUT2D eigenvalue weighted by Crippen LogP contribution is 2.37. The maximum Gasteiger partial charge on any atom is 0.341 e. The van der Waals surface area contributed by atoms with E-state index in [2.05, 4.69) is 0 Å². The molecule has 0 atom stereocenters. The number of thioether (sulfide) groups is 1. The van der Waals surface area contributed by atoms with Crippen LogP contribution in [-0.2, 0) is 9.59 Å². The standard InChI is InChI=1S/C22H19NO6S2/c1-3-28-18-10-14(4-9-17(18)29-12-20(25)26)11-19-21(27)23(22(30)31-19)16-7-5-15(6-8-16)13(2)24/h4-11H,3,12H2,1-2H3,(H,25,26)/b19-11+. The lowest BCUT2D eigenvalue weighted by molar-refractivity contribution is -0.139. The largest absolute Gasteiger partial charge is 0.490 e. The monoisotopic (exact) mass is 457 g/mol. The summed E-state index contributed by atoms with van der Waals surface area (Å²) in [6, 6.07) is 11.7. The van der Waals surface area contributed by atoms with E-state index in [1.165, 1.54) is 23.6 Å². The molecule has 1 amide bonds. The van der Waals surface area contributed by atoms with Crippen molar-refractivity contribution >= 4 is 57.7 Å². The van der Waals surface area contributed by atoms with Gasteiger partial charge in [0.05, 0.1) is 17.2 Å². The van der Waals surface area contributed by atoms with Gasteiger partial charge in [-0.2, -0.15) is 0 Å². The molecule has 0 saturated carbocycles. The van der Waals surface area contributed by atoms with E-state index in [0.717, 1.165) is 0 Å². The molecule has 7 nitrogen and oxygen atoms in total. The second-order valence-electron chi connectivity index (χ2n) is 6.44. The quantitative estimate of drug-likeness (QED) is 0.359. The number of nitrogens with zero attached hydrogens (tertiary/aromatic N) is 1. The average Bonchev–Trinajstić information content (AvgIpc) is 3.00. The van der Waals surface area contributed by atoms with Crippen LogP contribution in [0.3, 0.4) is 0 Å². The number of hydrogen-bond donors (Lipinski definition) is 1. The maximum atomic E-state index is 13.0. The van der Waals surface area contributed by atoms with Gasteiger partial charge in [-0.1, -0.05) is 30.0 Å². The molecule has 9 heteroatoms. The molecule has 2 aromatic rings. The Balaban J connectivity index is 1.85. The molecule has 1 heterocycles. The second-order valence-corrected chi connectivity index (χ2v) is 8.12. The molecule has 160 valence electrons. The Bertz CT molecular complexity index is 1080. The Hall–Kier alpha value is -3.17. The third-order valence-electron chi connectivity index (χ3n) is 4.24. The van der Waals surface area contributed by atoms with Gasteiger partial charge >= 0.3 is 5.97 Å². The third kappa shape index (κ3) is 5.31. The number of amides is 1. The molecule has 0 bridgehead atoms. The summed E-state index contributed by atoms with van der Waals surface area (Å²) >= 11 is 6.56. The van der Waals surface area contributed by atoms with Crippen LogP contribution in [0.5, 0.6) is 11.5 Å². The zero-order valence-electron chi connectivity index (χ0n) is 16.8. The highest BCUT2D eigenvalue weighted by Gasteiger charge is 2.33. The molecule has 0 unspecified atom stereocenters. The lowest BCUT2D eigenvalue weighted by atomic mass is 10.1. The number of ether oxygens (including phenoxy) is 2. The first-order chi connectivity index (χ1) is 14.8. The van der Waals surface area contributed by atoms with Crippen molar-refractivity contribution in [1.29, 1.82) is 0 Å². The summed E-state index contributed by atoms with van der Waals surface area (Å²) in [5, 5.41) is 8.81. The van der Waals surface area contributed by atoms with Crippen LogP contribution in [-0.4, -0.2) is 40.3 Å². The molecular formula is C22H19NO6S2. The van der Waals surface area contributed by atoms with Gasteiger partial charge in [0, 0.05) is 5.56 Å². The zero-order chi connectivity index (χ0) is 22.5. The van der Waals surface area contributed by atoms with Gasteiger partial charge < -0.3 is 14.6 Å². The van der Waals surface area contributed by atoms with Crippen molar-refractivity contribution in [2.75, 3.05) is 18.1 Å². The molecular weight excluding hydrogens is 438 g/mol. The average molecular weight is 458 g/mol. The zero-order valence-corrected chi connectivity index (χ0v) is 18.4.